The lowest BCUT2D eigenvalue weighted by atomic mass is 10.0. The van der Waals surface area contributed by atoms with Crippen molar-refractivity contribution in [2.45, 2.75) is 25.6 Å². The van der Waals surface area contributed by atoms with Gasteiger partial charge in [-0.25, -0.2) is 0 Å². The molecule has 2 aromatic rings. The summed E-state index contributed by atoms with van der Waals surface area (Å²) in [5.41, 5.74) is 2.78. The molecule has 0 aliphatic carbocycles. The molecule has 1 saturated heterocycles. The third-order valence-electron chi connectivity index (χ3n) is 4.13. The second-order valence-electron chi connectivity index (χ2n) is 5.64. The SMILES string of the molecule is CC1CNC(c2ccccc2)CN1Cc1ccccc1. The molecule has 0 spiro atoms. The minimum absolute atomic E-state index is 0.441. The predicted molar refractivity (Wildman–Crippen MR) is 83.5 cm³/mol. The Bertz CT molecular complexity index is 524. The van der Waals surface area contributed by atoms with E-state index in [1.807, 2.05) is 0 Å². The average molecular weight is 266 g/mol. The van der Waals surface area contributed by atoms with E-state index in [1.165, 1.54) is 11.1 Å². The molecule has 2 heteroatoms. The molecule has 1 heterocycles. The zero-order valence-corrected chi connectivity index (χ0v) is 12.0. The number of piperazine rings is 1. The molecule has 1 N–H and O–H groups in total. The van der Waals surface area contributed by atoms with E-state index in [2.05, 4.69) is 77.8 Å². The Kier molecular flexibility index (Phi) is 4.14. The molecule has 2 nitrogen and oxygen atoms in total. The molecule has 2 aromatic carbocycles. The minimum Gasteiger partial charge on any atom is -0.307 e. The van der Waals surface area contributed by atoms with Crippen molar-refractivity contribution in [3.63, 3.8) is 0 Å². The second kappa shape index (κ2) is 6.21. The fraction of sp³-hybridized carbons (Fsp3) is 0.333. The first-order chi connectivity index (χ1) is 9.83. The van der Waals surface area contributed by atoms with Crippen LogP contribution in [0.25, 0.3) is 0 Å². The van der Waals surface area contributed by atoms with Gasteiger partial charge in [0.25, 0.3) is 0 Å². The van der Waals surface area contributed by atoms with Crippen LogP contribution in [-0.2, 0) is 6.54 Å². The number of hydrogen-bond donors (Lipinski definition) is 1. The number of nitrogens with zero attached hydrogens (tertiary/aromatic N) is 1. The molecule has 2 unspecified atom stereocenters. The quantitative estimate of drug-likeness (QED) is 0.917. The van der Waals surface area contributed by atoms with Crippen LogP contribution in [0.1, 0.15) is 24.1 Å². The van der Waals surface area contributed by atoms with E-state index in [1.54, 1.807) is 0 Å². The van der Waals surface area contributed by atoms with Gasteiger partial charge in [-0.15, -0.1) is 0 Å². The van der Waals surface area contributed by atoms with Crippen molar-refractivity contribution in [2.75, 3.05) is 13.1 Å². The molecule has 1 aliphatic heterocycles. The third kappa shape index (κ3) is 3.09. The Morgan fingerprint density at radius 3 is 2.35 bits per heavy atom. The van der Waals surface area contributed by atoms with Crippen LogP contribution >= 0.6 is 0 Å². The molecule has 0 aromatic heterocycles. The first kappa shape index (κ1) is 13.3. The standard InChI is InChI=1S/C18H22N2/c1-15-12-19-18(17-10-6-3-7-11-17)14-20(15)13-16-8-4-2-5-9-16/h2-11,15,18-19H,12-14H2,1H3. The predicted octanol–water partition coefficient (Wildman–Crippen LogP) is 3.22. The van der Waals surface area contributed by atoms with Crippen molar-refractivity contribution < 1.29 is 0 Å². The molecule has 0 amide bonds. The number of rotatable bonds is 3. The highest BCUT2D eigenvalue weighted by atomic mass is 15.2. The highest BCUT2D eigenvalue weighted by Gasteiger charge is 2.25. The number of nitrogens with one attached hydrogen (secondary N) is 1. The van der Waals surface area contributed by atoms with Crippen LogP contribution in [0.3, 0.4) is 0 Å². The van der Waals surface area contributed by atoms with E-state index >= 15 is 0 Å². The van der Waals surface area contributed by atoms with Crippen LogP contribution in [0.2, 0.25) is 0 Å². The van der Waals surface area contributed by atoms with E-state index in [0.29, 0.717) is 12.1 Å². The summed E-state index contributed by atoms with van der Waals surface area (Å²) < 4.78 is 0. The summed E-state index contributed by atoms with van der Waals surface area (Å²) >= 11 is 0. The Balaban J connectivity index is 1.71. The molecule has 0 saturated carbocycles. The molecule has 3 rings (SSSR count). The molecule has 0 bridgehead atoms. The van der Waals surface area contributed by atoms with Crippen LogP contribution < -0.4 is 5.32 Å². The van der Waals surface area contributed by atoms with E-state index in [9.17, 15) is 0 Å². The normalized spacial score (nSPS) is 23.6. The summed E-state index contributed by atoms with van der Waals surface area (Å²) in [6.45, 7) is 5.46. The first-order valence-electron chi connectivity index (χ1n) is 7.39. The molecule has 1 fully saturated rings. The van der Waals surface area contributed by atoms with Crippen LogP contribution in [0, 0.1) is 0 Å². The summed E-state index contributed by atoms with van der Waals surface area (Å²) in [5, 5.41) is 3.66. The Morgan fingerprint density at radius 1 is 1.00 bits per heavy atom. The van der Waals surface area contributed by atoms with E-state index in [-0.39, 0.29) is 0 Å². The molecule has 2 atom stereocenters. The maximum absolute atomic E-state index is 3.66. The van der Waals surface area contributed by atoms with Crippen LogP contribution in [0.5, 0.6) is 0 Å². The second-order valence-corrected chi connectivity index (χ2v) is 5.64. The van der Waals surface area contributed by atoms with Crippen molar-refractivity contribution >= 4 is 0 Å². The van der Waals surface area contributed by atoms with Gasteiger partial charge < -0.3 is 5.32 Å². The maximum atomic E-state index is 3.66. The van der Waals surface area contributed by atoms with Gasteiger partial charge in [-0.2, -0.15) is 0 Å². The summed E-state index contributed by atoms with van der Waals surface area (Å²) in [6, 6.07) is 22.5. The molecule has 104 valence electrons. The van der Waals surface area contributed by atoms with Crippen molar-refractivity contribution in [1.29, 1.82) is 0 Å². The van der Waals surface area contributed by atoms with Gasteiger partial charge in [0.15, 0.2) is 0 Å². The van der Waals surface area contributed by atoms with Gasteiger partial charge in [0.2, 0.25) is 0 Å². The summed E-state index contributed by atoms with van der Waals surface area (Å²) in [5.74, 6) is 0. The molecule has 1 aliphatic rings. The largest absolute Gasteiger partial charge is 0.307 e. The van der Waals surface area contributed by atoms with Crippen LogP contribution in [0.4, 0.5) is 0 Å². The fourth-order valence-corrected chi connectivity index (χ4v) is 2.87. The maximum Gasteiger partial charge on any atom is 0.0450 e. The van der Waals surface area contributed by atoms with Crippen LogP contribution in [-0.4, -0.2) is 24.0 Å². The number of benzene rings is 2. The van der Waals surface area contributed by atoms with Crippen molar-refractivity contribution in [3.8, 4) is 0 Å². The van der Waals surface area contributed by atoms with Gasteiger partial charge in [-0.1, -0.05) is 60.7 Å². The highest BCUT2D eigenvalue weighted by Crippen LogP contribution is 2.21. The molecule has 0 radical (unpaired) electrons. The van der Waals surface area contributed by atoms with Crippen molar-refractivity contribution in [2.24, 2.45) is 0 Å². The molecule has 20 heavy (non-hydrogen) atoms. The van der Waals surface area contributed by atoms with E-state index in [0.717, 1.165) is 19.6 Å². The van der Waals surface area contributed by atoms with Gasteiger partial charge in [0.05, 0.1) is 0 Å². The number of hydrogen-bond acceptors (Lipinski definition) is 2. The molecular weight excluding hydrogens is 244 g/mol. The Morgan fingerprint density at radius 2 is 1.65 bits per heavy atom. The summed E-state index contributed by atoms with van der Waals surface area (Å²) in [4.78, 5) is 2.57. The van der Waals surface area contributed by atoms with Gasteiger partial charge in [-0.3, -0.25) is 4.90 Å². The van der Waals surface area contributed by atoms with Gasteiger partial charge in [-0.05, 0) is 18.1 Å². The van der Waals surface area contributed by atoms with Crippen molar-refractivity contribution in [1.82, 2.24) is 10.2 Å². The van der Waals surface area contributed by atoms with E-state index < -0.39 is 0 Å². The summed E-state index contributed by atoms with van der Waals surface area (Å²) in [6.07, 6.45) is 0. The highest BCUT2D eigenvalue weighted by molar-refractivity contribution is 5.21. The lowest BCUT2D eigenvalue weighted by molar-refractivity contribution is 0.133. The van der Waals surface area contributed by atoms with Gasteiger partial charge >= 0.3 is 0 Å². The zero-order valence-electron chi connectivity index (χ0n) is 12.0. The minimum atomic E-state index is 0.441. The van der Waals surface area contributed by atoms with Crippen molar-refractivity contribution in [3.05, 3.63) is 71.8 Å². The Labute approximate surface area is 121 Å². The zero-order chi connectivity index (χ0) is 13.8. The van der Waals surface area contributed by atoms with Crippen LogP contribution in [0.15, 0.2) is 60.7 Å². The Hall–Kier alpha value is -1.64. The third-order valence-corrected chi connectivity index (χ3v) is 4.13. The smallest absolute Gasteiger partial charge is 0.0450 e. The lowest BCUT2D eigenvalue weighted by Gasteiger charge is -2.39. The van der Waals surface area contributed by atoms with Gasteiger partial charge in [0, 0.05) is 31.7 Å². The van der Waals surface area contributed by atoms with Gasteiger partial charge in [0.1, 0.15) is 0 Å². The topological polar surface area (TPSA) is 15.3 Å². The lowest BCUT2D eigenvalue weighted by Crippen LogP contribution is -2.50. The average Bonchev–Trinajstić information content (AvgIpc) is 2.51. The molecular formula is C18H22N2. The van der Waals surface area contributed by atoms with E-state index in [4.69, 9.17) is 0 Å². The fourth-order valence-electron chi connectivity index (χ4n) is 2.87. The first-order valence-corrected chi connectivity index (χ1v) is 7.39. The summed E-state index contributed by atoms with van der Waals surface area (Å²) in [7, 11) is 0. The monoisotopic (exact) mass is 266 g/mol.